The summed E-state index contributed by atoms with van der Waals surface area (Å²) in [6.07, 6.45) is 9.19. The molecule has 2 aliphatic rings. The third-order valence-electron chi connectivity index (χ3n) is 6.75. The molecule has 2 aliphatic heterocycles. The molecule has 0 saturated carbocycles. The number of nitrogens with zero attached hydrogens (tertiary/aromatic N) is 2. The SMILES string of the molecule is C1CCOC1.C1CCOC1.CCCCC.Cc1cc(C)c([N-]CCNCC[N-]c2c(C)cc(C)cc2C)c(C)c1.[Cl-].[Cl-].[U+4]. The summed E-state index contributed by atoms with van der Waals surface area (Å²) in [4.78, 5) is 0. The van der Waals surface area contributed by atoms with Gasteiger partial charge in [0.15, 0.2) is 0 Å². The minimum atomic E-state index is 0. The number of rotatable bonds is 10. The molecule has 43 heavy (non-hydrogen) atoms. The summed E-state index contributed by atoms with van der Waals surface area (Å²) in [6.45, 7) is 24.6. The van der Waals surface area contributed by atoms with Gasteiger partial charge in [-0.15, -0.1) is 24.5 Å². The van der Waals surface area contributed by atoms with Crippen molar-refractivity contribution in [2.75, 3.05) is 52.6 Å². The normalized spacial score (nSPS) is 12.8. The maximum absolute atomic E-state index is 4.94. The second-order valence-electron chi connectivity index (χ2n) is 11.0. The molecule has 244 valence electrons. The van der Waals surface area contributed by atoms with Gasteiger partial charge in [0.05, 0.1) is 0 Å². The van der Waals surface area contributed by atoms with Crippen molar-refractivity contribution in [2.24, 2.45) is 0 Å². The van der Waals surface area contributed by atoms with Crippen LogP contribution in [0.5, 0.6) is 0 Å². The summed E-state index contributed by atoms with van der Waals surface area (Å²) >= 11 is 0. The van der Waals surface area contributed by atoms with Gasteiger partial charge in [-0.2, -0.15) is 0 Å². The molecule has 2 aromatic carbocycles. The summed E-state index contributed by atoms with van der Waals surface area (Å²) in [5.74, 6) is 0. The number of hydrogen-bond acceptors (Lipinski definition) is 3. The summed E-state index contributed by atoms with van der Waals surface area (Å²) in [5, 5.41) is 12.9. The molecular weight excluding hydrogens is 803 g/mol. The van der Waals surface area contributed by atoms with E-state index in [1.807, 2.05) is 0 Å². The largest absolute Gasteiger partial charge is 4.00 e. The van der Waals surface area contributed by atoms with Crippen LogP contribution in [-0.4, -0.2) is 52.6 Å². The number of benzene rings is 2. The molecular formula is C35H59Cl2N3O2U. The minimum Gasteiger partial charge on any atom is -1.00 e. The van der Waals surface area contributed by atoms with Gasteiger partial charge in [-0.05, 0) is 80.3 Å². The van der Waals surface area contributed by atoms with Crippen molar-refractivity contribution in [3.63, 3.8) is 0 Å². The second kappa shape index (κ2) is 30.2. The number of ether oxygens (including phenoxy) is 2. The molecule has 4 rings (SSSR count). The summed E-state index contributed by atoms with van der Waals surface area (Å²) in [7, 11) is 0. The monoisotopic (exact) mass is 861 g/mol. The fraction of sp³-hybridized carbons (Fsp3) is 0.657. The van der Waals surface area contributed by atoms with E-state index >= 15 is 0 Å². The maximum atomic E-state index is 4.94. The zero-order valence-corrected chi connectivity index (χ0v) is 34.1. The van der Waals surface area contributed by atoms with E-state index in [9.17, 15) is 0 Å². The molecule has 0 aliphatic carbocycles. The first-order valence-corrected chi connectivity index (χ1v) is 15.7. The van der Waals surface area contributed by atoms with Crippen LogP contribution < -0.4 is 30.1 Å². The number of halogens is 2. The quantitative estimate of drug-likeness (QED) is 0.372. The standard InChI is InChI=1S/C22H31N3.C5H12.2C4H8O.2ClH.U/c1-15-11-17(3)21(18(4)12-15)24-9-7-23-8-10-25-22-19(5)13-16(2)14-20(22)6;1-3-5-4-2;2*1-2-4-5-3-1;;;/h11-14,23H,7-10H2,1-6H3;3-5H2,1-2H3;2*1-4H2;2*1H;/q-2;;;;;;+4/p-2. The smallest absolute Gasteiger partial charge is 1.00 e. The van der Waals surface area contributed by atoms with Gasteiger partial charge < -0.3 is 50.2 Å². The molecule has 0 unspecified atom stereocenters. The number of nitrogens with one attached hydrogen (secondary N) is 1. The number of aryl methyl sites for hydroxylation is 6. The van der Waals surface area contributed by atoms with Crippen molar-refractivity contribution >= 4 is 11.4 Å². The first kappa shape index (κ1) is 47.0. The molecule has 8 heteroatoms. The predicted octanol–water partition coefficient (Wildman–Crippen LogP) is 3.64. The van der Waals surface area contributed by atoms with Gasteiger partial charge in [0.2, 0.25) is 0 Å². The van der Waals surface area contributed by atoms with Crippen LogP contribution in [0, 0.1) is 72.7 Å². The zero-order valence-electron chi connectivity index (χ0n) is 28.4. The minimum absolute atomic E-state index is 0. The molecule has 2 aromatic rings. The van der Waals surface area contributed by atoms with Crippen LogP contribution in [0.2, 0.25) is 0 Å². The van der Waals surface area contributed by atoms with E-state index in [1.165, 1.54) is 78.3 Å². The first-order valence-electron chi connectivity index (χ1n) is 15.7. The van der Waals surface area contributed by atoms with Crippen molar-refractivity contribution in [1.82, 2.24) is 5.32 Å². The van der Waals surface area contributed by atoms with Gasteiger partial charge in [-0.3, -0.25) is 0 Å². The predicted molar refractivity (Wildman–Crippen MR) is 175 cm³/mol. The topological polar surface area (TPSA) is 58.7 Å². The third kappa shape index (κ3) is 22.7. The summed E-state index contributed by atoms with van der Waals surface area (Å²) in [5.41, 5.74) is 9.93. The van der Waals surface area contributed by atoms with E-state index in [0.717, 1.165) is 64.0 Å². The van der Waals surface area contributed by atoms with E-state index in [0.29, 0.717) is 0 Å². The molecule has 5 nitrogen and oxygen atoms in total. The Morgan fingerprint density at radius 2 is 0.884 bits per heavy atom. The molecule has 2 fully saturated rings. The van der Waals surface area contributed by atoms with E-state index in [1.54, 1.807) is 0 Å². The second-order valence-corrected chi connectivity index (χ2v) is 11.0. The van der Waals surface area contributed by atoms with Crippen LogP contribution in [0.4, 0.5) is 11.4 Å². The van der Waals surface area contributed by atoms with Crippen LogP contribution in [0.1, 0.15) is 92.2 Å². The van der Waals surface area contributed by atoms with Crippen molar-refractivity contribution in [1.29, 1.82) is 0 Å². The zero-order chi connectivity index (χ0) is 29.6. The van der Waals surface area contributed by atoms with Crippen LogP contribution in [-0.2, 0) is 9.47 Å². The van der Waals surface area contributed by atoms with Crippen molar-refractivity contribution in [2.45, 2.75) is 100 Å². The molecule has 0 aromatic heterocycles. The van der Waals surface area contributed by atoms with Gasteiger partial charge >= 0.3 is 31.1 Å². The Bertz CT molecular complexity index is 805. The average molecular weight is 863 g/mol. The van der Waals surface area contributed by atoms with Crippen LogP contribution in [0.3, 0.4) is 0 Å². The summed E-state index contributed by atoms with van der Waals surface area (Å²) in [6, 6.07) is 8.80. The first-order chi connectivity index (χ1) is 19.3. The van der Waals surface area contributed by atoms with E-state index < -0.39 is 0 Å². The Hall–Kier alpha value is -0.448. The van der Waals surface area contributed by atoms with Gasteiger partial charge in [-0.25, -0.2) is 0 Å². The van der Waals surface area contributed by atoms with Gasteiger partial charge in [0.1, 0.15) is 0 Å². The van der Waals surface area contributed by atoms with Crippen LogP contribution in [0.15, 0.2) is 24.3 Å². The van der Waals surface area contributed by atoms with E-state index in [-0.39, 0.29) is 55.9 Å². The van der Waals surface area contributed by atoms with Crippen LogP contribution in [0.25, 0.3) is 10.6 Å². The molecule has 2 heterocycles. The molecule has 0 bridgehead atoms. The Labute approximate surface area is 301 Å². The average Bonchev–Trinajstić information content (AvgIpc) is 3.67. The Balaban J connectivity index is -0.000000725. The molecule has 2 saturated heterocycles. The van der Waals surface area contributed by atoms with Gasteiger partial charge in [-0.1, -0.05) is 90.8 Å². The van der Waals surface area contributed by atoms with Gasteiger partial charge in [0.25, 0.3) is 0 Å². The Morgan fingerprint density at radius 3 is 1.09 bits per heavy atom. The number of unbranched alkanes of at least 4 members (excludes halogenated alkanes) is 2. The Morgan fingerprint density at radius 1 is 0.581 bits per heavy atom. The fourth-order valence-electron chi connectivity index (χ4n) is 4.84. The fourth-order valence-corrected chi connectivity index (χ4v) is 4.84. The molecule has 0 atom stereocenters. The molecule has 0 radical (unpaired) electrons. The van der Waals surface area contributed by atoms with Crippen molar-refractivity contribution < 1.29 is 65.4 Å². The van der Waals surface area contributed by atoms with Crippen molar-refractivity contribution in [3.8, 4) is 0 Å². The molecule has 0 amide bonds. The van der Waals surface area contributed by atoms with Crippen LogP contribution >= 0.6 is 0 Å². The Kier molecular flexibility index (Phi) is 33.0. The number of hydrogen-bond donors (Lipinski definition) is 1. The third-order valence-corrected chi connectivity index (χ3v) is 6.75. The van der Waals surface area contributed by atoms with Crippen molar-refractivity contribution in [3.05, 3.63) is 68.3 Å². The van der Waals surface area contributed by atoms with E-state index in [2.05, 4.69) is 85.0 Å². The summed E-state index contributed by atoms with van der Waals surface area (Å²) < 4.78 is 9.89. The molecule has 0 spiro atoms. The van der Waals surface area contributed by atoms with E-state index in [4.69, 9.17) is 20.1 Å². The van der Waals surface area contributed by atoms with Gasteiger partial charge in [0, 0.05) is 26.4 Å². The molecule has 1 N–H and O–H groups in total. The maximum Gasteiger partial charge on any atom is 4.00 e.